The van der Waals surface area contributed by atoms with Crippen molar-refractivity contribution in [2.75, 3.05) is 7.11 Å². The van der Waals surface area contributed by atoms with E-state index in [1.807, 2.05) is 4.83 Å². The molecule has 0 aliphatic heterocycles. The van der Waals surface area contributed by atoms with Gasteiger partial charge in [0.05, 0.1) is 22.7 Å². The summed E-state index contributed by atoms with van der Waals surface area (Å²) in [6.07, 6.45) is 1.17. The summed E-state index contributed by atoms with van der Waals surface area (Å²) < 4.78 is 29.7. The van der Waals surface area contributed by atoms with Gasteiger partial charge in [0, 0.05) is 6.07 Å². The van der Waals surface area contributed by atoms with E-state index in [9.17, 15) is 23.6 Å². The molecule has 25 heavy (non-hydrogen) atoms. The van der Waals surface area contributed by atoms with Crippen molar-refractivity contribution in [1.29, 1.82) is 0 Å². The monoisotopic (exact) mass is 429 g/mol. The maximum atomic E-state index is 12.2. The molecule has 0 spiro atoms. The lowest BCUT2D eigenvalue weighted by molar-refractivity contribution is -0.387. The zero-order valence-corrected chi connectivity index (χ0v) is 15.1. The summed E-state index contributed by atoms with van der Waals surface area (Å²) in [4.78, 5) is 11.6. The lowest BCUT2D eigenvalue weighted by atomic mass is 10.2. The predicted octanol–water partition coefficient (Wildman–Crippen LogP) is 2.38. The molecule has 2 rings (SSSR count). The molecular formula is C14H12BrN3O6S. The van der Waals surface area contributed by atoms with Crippen LogP contribution in [0.15, 0.2) is 50.9 Å². The number of nitrogens with one attached hydrogen (secondary N) is 1. The van der Waals surface area contributed by atoms with Crippen molar-refractivity contribution in [3.63, 3.8) is 0 Å². The summed E-state index contributed by atoms with van der Waals surface area (Å²) in [6, 6.07) is 7.84. The van der Waals surface area contributed by atoms with E-state index in [-0.39, 0.29) is 11.5 Å². The van der Waals surface area contributed by atoms with Gasteiger partial charge in [-0.1, -0.05) is 12.1 Å². The fourth-order valence-electron chi connectivity index (χ4n) is 1.88. The number of nitrogens with zero attached hydrogens (tertiary/aromatic N) is 2. The summed E-state index contributed by atoms with van der Waals surface area (Å²) in [5.41, 5.74) is -0.133. The van der Waals surface area contributed by atoms with Gasteiger partial charge < -0.3 is 9.84 Å². The summed E-state index contributed by atoms with van der Waals surface area (Å²) >= 11 is 3.13. The second-order valence-corrected chi connectivity index (χ2v) is 7.11. The highest BCUT2D eigenvalue weighted by molar-refractivity contribution is 9.10. The van der Waals surface area contributed by atoms with Crippen molar-refractivity contribution in [1.82, 2.24) is 4.83 Å². The molecule has 0 aliphatic carbocycles. The van der Waals surface area contributed by atoms with Crippen LogP contribution in [0.2, 0.25) is 0 Å². The first-order valence-electron chi connectivity index (χ1n) is 6.61. The van der Waals surface area contributed by atoms with E-state index in [0.29, 0.717) is 10.0 Å². The number of para-hydroxylation sites is 1. The number of rotatable bonds is 6. The second kappa shape index (κ2) is 7.49. The number of halogens is 1. The van der Waals surface area contributed by atoms with Crippen molar-refractivity contribution in [2.24, 2.45) is 5.10 Å². The minimum absolute atomic E-state index is 0.111. The van der Waals surface area contributed by atoms with Gasteiger partial charge in [-0.2, -0.15) is 18.4 Å². The SMILES string of the molecule is COc1cc(/C=N\NS(=O)(=O)c2ccccc2[N+](=O)[O-])cc(Br)c1O. The minimum atomic E-state index is -4.22. The first-order valence-corrected chi connectivity index (χ1v) is 8.88. The maximum Gasteiger partial charge on any atom is 0.289 e. The Bertz CT molecular complexity index is 946. The van der Waals surface area contributed by atoms with Gasteiger partial charge in [-0.25, -0.2) is 0 Å². The van der Waals surface area contributed by atoms with Crippen molar-refractivity contribution < 1.29 is 23.2 Å². The van der Waals surface area contributed by atoms with Gasteiger partial charge in [0.1, 0.15) is 0 Å². The highest BCUT2D eigenvalue weighted by Crippen LogP contribution is 2.34. The molecular weight excluding hydrogens is 418 g/mol. The standard InChI is InChI=1S/C14H12BrN3O6S/c1-24-12-7-9(6-10(15)14(12)19)8-16-17-25(22,23)13-5-3-2-4-11(13)18(20)21/h2-8,17,19H,1H3/b16-8-. The molecule has 132 valence electrons. The van der Waals surface area contributed by atoms with E-state index in [2.05, 4.69) is 21.0 Å². The first kappa shape index (κ1) is 18.7. The molecule has 2 aromatic rings. The summed E-state index contributed by atoms with van der Waals surface area (Å²) in [5.74, 6) is 0.0533. The Hall–Kier alpha value is -2.66. The first-order chi connectivity index (χ1) is 11.8. The minimum Gasteiger partial charge on any atom is -0.503 e. The number of methoxy groups -OCH3 is 1. The zero-order chi connectivity index (χ0) is 18.6. The Morgan fingerprint density at radius 1 is 1.36 bits per heavy atom. The van der Waals surface area contributed by atoms with Gasteiger partial charge in [-0.05, 0) is 39.7 Å². The van der Waals surface area contributed by atoms with Gasteiger partial charge in [-0.15, -0.1) is 0 Å². The molecule has 2 N–H and O–H groups in total. The van der Waals surface area contributed by atoms with Gasteiger partial charge >= 0.3 is 0 Å². The molecule has 0 fully saturated rings. The number of benzene rings is 2. The number of phenolic OH excluding ortho intramolecular Hbond substituents is 1. The summed E-state index contributed by atoms with van der Waals surface area (Å²) in [6.45, 7) is 0. The number of ether oxygens (including phenoxy) is 1. The van der Waals surface area contributed by atoms with Crippen molar-refractivity contribution in [3.8, 4) is 11.5 Å². The smallest absolute Gasteiger partial charge is 0.289 e. The second-order valence-electron chi connectivity index (χ2n) is 4.63. The lowest BCUT2D eigenvalue weighted by Gasteiger charge is -2.06. The number of sulfonamides is 1. The van der Waals surface area contributed by atoms with Crippen LogP contribution >= 0.6 is 15.9 Å². The topological polar surface area (TPSA) is 131 Å². The molecule has 0 saturated heterocycles. The highest BCUT2D eigenvalue weighted by Gasteiger charge is 2.24. The molecule has 0 aromatic heterocycles. The molecule has 0 amide bonds. The van der Waals surface area contributed by atoms with Crippen LogP contribution in [0, 0.1) is 10.1 Å². The van der Waals surface area contributed by atoms with Crippen molar-refractivity contribution in [3.05, 3.63) is 56.5 Å². The Balaban J connectivity index is 2.28. The number of phenols is 1. The van der Waals surface area contributed by atoms with Crippen LogP contribution in [0.5, 0.6) is 11.5 Å². The van der Waals surface area contributed by atoms with Crippen LogP contribution in [0.1, 0.15) is 5.56 Å². The molecule has 0 aliphatic rings. The molecule has 0 atom stereocenters. The molecule has 0 radical (unpaired) electrons. The van der Waals surface area contributed by atoms with Crippen LogP contribution < -0.4 is 9.57 Å². The third kappa shape index (κ3) is 4.25. The Labute approximate surface area is 151 Å². The average Bonchev–Trinajstić information content (AvgIpc) is 2.57. The third-order valence-corrected chi connectivity index (χ3v) is 4.88. The van der Waals surface area contributed by atoms with Crippen molar-refractivity contribution in [2.45, 2.75) is 4.90 Å². The van der Waals surface area contributed by atoms with E-state index in [1.54, 1.807) is 0 Å². The number of aromatic hydroxyl groups is 1. The predicted molar refractivity (Wildman–Crippen MR) is 93.4 cm³/mol. The largest absolute Gasteiger partial charge is 0.503 e. The van der Waals surface area contributed by atoms with Crippen LogP contribution in [0.25, 0.3) is 0 Å². The maximum absolute atomic E-state index is 12.2. The van der Waals surface area contributed by atoms with Crippen LogP contribution in [-0.4, -0.2) is 31.8 Å². The summed E-state index contributed by atoms with van der Waals surface area (Å²) in [7, 11) is -2.86. The average molecular weight is 430 g/mol. The molecule has 2 aromatic carbocycles. The van der Waals surface area contributed by atoms with Gasteiger partial charge in [0.2, 0.25) is 0 Å². The number of hydrogen-bond donors (Lipinski definition) is 2. The Kier molecular flexibility index (Phi) is 5.59. The molecule has 0 heterocycles. The molecule has 0 unspecified atom stereocenters. The number of nitro benzene ring substituents is 1. The van der Waals surface area contributed by atoms with Crippen LogP contribution in [0.3, 0.4) is 0 Å². The molecule has 0 bridgehead atoms. The van der Waals surface area contributed by atoms with E-state index in [0.717, 1.165) is 12.1 Å². The van der Waals surface area contributed by atoms with E-state index < -0.39 is 25.5 Å². The number of nitro groups is 1. The summed E-state index contributed by atoms with van der Waals surface area (Å²) in [5, 5.41) is 24.2. The van der Waals surface area contributed by atoms with E-state index in [4.69, 9.17) is 4.74 Å². The normalized spacial score (nSPS) is 11.4. The molecule has 0 saturated carbocycles. The Morgan fingerprint density at radius 2 is 2.04 bits per heavy atom. The fourth-order valence-corrected chi connectivity index (χ4v) is 3.30. The van der Waals surface area contributed by atoms with Crippen LogP contribution in [0.4, 0.5) is 5.69 Å². The zero-order valence-electron chi connectivity index (χ0n) is 12.7. The van der Waals surface area contributed by atoms with Gasteiger partial charge in [0.15, 0.2) is 16.4 Å². The van der Waals surface area contributed by atoms with E-state index >= 15 is 0 Å². The van der Waals surface area contributed by atoms with Gasteiger partial charge in [0.25, 0.3) is 15.7 Å². The number of hydrazone groups is 1. The number of hydrogen-bond acceptors (Lipinski definition) is 7. The van der Waals surface area contributed by atoms with E-state index in [1.165, 1.54) is 37.6 Å². The van der Waals surface area contributed by atoms with Gasteiger partial charge in [-0.3, -0.25) is 10.1 Å². The van der Waals surface area contributed by atoms with Crippen LogP contribution in [-0.2, 0) is 10.0 Å². The fraction of sp³-hybridized carbons (Fsp3) is 0.0714. The highest BCUT2D eigenvalue weighted by atomic mass is 79.9. The third-order valence-electron chi connectivity index (χ3n) is 3.01. The quantitative estimate of drug-likeness (QED) is 0.411. The Morgan fingerprint density at radius 3 is 2.68 bits per heavy atom. The molecule has 11 heteroatoms. The van der Waals surface area contributed by atoms with Crippen molar-refractivity contribution >= 4 is 37.9 Å². The molecule has 9 nitrogen and oxygen atoms in total. The lowest BCUT2D eigenvalue weighted by Crippen LogP contribution is -2.19.